The first kappa shape index (κ1) is 16.8. The molecule has 0 spiro atoms. The predicted octanol–water partition coefficient (Wildman–Crippen LogP) is 1.83. The highest BCUT2D eigenvalue weighted by Crippen LogP contribution is 2.34. The van der Waals surface area contributed by atoms with Crippen molar-refractivity contribution in [1.82, 2.24) is 10.2 Å². The molecular weight excluding hydrogens is 340 g/mol. The zero-order chi connectivity index (χ0) is 17.4. The lowest BCUT2D eigenvalue weighted by atomic mass is 9.79. The van der Waals surface area contributed by atoms with E-state index in [2.05, 4.69) is 17.4 Å². The van der Waals surface area contributed by atoms with Gasteiger partial charge in [-0.25, -0.2) is 13.2 Å². The Morgan fingerprint density at radius 1 is 1.24 bits per heavy atom. The monoisotopic (exact) mass is 364 g/mol. The molecule has 1 unspecified atom stereocenters. The highest BCUT2D eigenvalue weighted by atomic mass is 32.2. The molecule has 2 amide bonds. The van der Waals surface area contributed by atoms with E-state index in [1.54, 1.807) is 4.90 Å². The van der Waals surface area contributed by atoms with Crippen LogP contribution >= 0.6 is 0 Å². The van der Waals surface area contributed by atoms with Crippen LogP contribution in [0.25, 0.3) is 0 Å². The number of rotatable bonds is 3. The molecule has 1 saturated heterocycles. The molecule has 3 aliphatic rings. The third-order valence-electron chi connectivity index (χ3n) is 5.65. The van der Waals surface area contributed by atoms with Crippen LogP contribution in [-0.2, 0) is 34.3 Å². The zero-order valence-corrected chi connectivity index (χ0v) is 15.1. The predicted molar refractivity (Wildman–Crippen MR) is 93.7 cm³/mol. The van der Waals surface area contributed by atoms with Gasteiger partial charge in [-0.2, -0.15) is 0 Å². The minimum atomic E-state index is -3.03. The largest absolute Gasteiger partial charge is 0.372 e. The molecule has 1 aromatic carbocycles. The van der Waals surface area contributed by atoms with Gasteiger partial charge < -0.3 is 15.0 Å². The van der Waals surface area contributed by atoms with Crippen LogP contribution in [0.2, 0.25) is 0 Å². The molecule has 1 atom stereocenters. The molecule has 2 heterocycles. The van der Waals surface area contributed by atoms with Crippen LogP contribution in [-0.4, -0.2) is 43.4 Å². The Balaban J connectivity index is 1.41. The summed E-state index contributed by atoms with van der Waals surface area (Å²) in [5.74, 6) is 0.513. The van der Waals surface area contributed by atoms with Crippen molar-refractivity contribution in [2.45, 2.75) is 45.1 Å². The van der Waals surface area contributed by atoms with Crippen LogP contribution in [0.1, 0.15) is 36.0 Å². The Bertz CT molecular complexity index is 773. The lowest BCUT2D eigenvalue weighted by Crippen LogP contribution is -2.57. The summed E-state index contributed by atoms with van der Waals surface area (Å²) in [7, 11) is -3.03. The number of nitrogens with zero attached hydrogens (tertiary/aromatic N) is 1. The van der Waals surface area contributed by atoms with Gasteiger partial charge in [-0.1, -0.05) is 24.6 Å². The Morgan fingerprint density at radius 3 is 2.80 bits per heavy atom. The van der Waals surface area contributed by atoms with Crippen molar-refractivity contribution in [3.8, 4) is 0 Å². The normalized spacial score (nSPS) is 25.3. The third kappa shape index (κ3) is 3.53. The van der Waals surface area contributed by atoms with Crippen molar-refractivity contribution in [3.05, 3.63) is 34.9 Å². The van der Waals surface area contributed by atoms with Crippen molar-refractivity contribution in [2.75, 3.05) is 18.1 Å². The second kappa shape index (κ2) is 6.61. The van der Waals surface area contributed by atoms with E-state index >= 15 is 0 Å². The fourth-order valence-electron chi connectivity index (χ4n) is 3.92. The number of fused-ring (bicyclic) bond motifs is 1. The number of hydrogen-bond acceptors (Lipinski definition) is 4. The summed E-state index contributed by atoms with van der Waals surface area (Å²) in [5, 5.41) is 2.97. The fourth-order valence-corrected chi connectivity index (χ4v) is 5.53. The number of urea groups is 1. The molecule has 0 radical (unpaired) electrons. The molecule has 0 bridgehead atoms. The van der Waals surface area contributed by atoms with Crippen LogP contribution in [0.4, 0.5) is 4.79 Å². The van der Waals surface area contributed by atoms with Gasteiger partial charge in [0, 0.05) is 13.1 Å². The minimum absolute atomic E-state index is 0.0693. The van der Waals surface area contributed by atoms with Crippen molar-refractivity contribution in [1.29, 1.82) is 0 Å². The average molecular weight is 364 g/mol. The Morgan fingerprint density at radius 2 is 2.04 bits per heavy atom. The Hall–Kier alpha value is -1.60. The summed E-state index contributed by atoms with van der Waals surface area (Å²) in [4.78, 5) is 14.4. The Labute approximate surface area is 148 Å². The van der Waals surface area contributed by atoms with Crippen molar-refractivity contribution in [2.24, 2.45) is 5.92 Å². The lowest BCUT2D eigenvalue weighted by Gasteiger charge is -2.43. The average Bonchev–Trinajstić information content (AvgIpc) is 2.98. The molecule has 2 fully saturated rings. The topological polar surface area (TPSA) is 75.7 Å². The van der Waals surface area contributed by atoms with Crippen molar-refractivity contribution in [3.63, 3.8) is 0 Å². The molecule has 1 N–H and O–H groups in total. The first-order chi connectivity index (χ1) is 12.0. The number of sulfone groups is 1. The van der Waals surface area contributed by atoms with Crippen LogP contribution in [0.15, 0.2) is 18.2 Å². The molecule has 7 heteroatoms. The van der Waals surface area contributed by atoms with Crippen LogP contribution in [0, 0.1) is 5.92 Å². The van der Waals surface area contributed by atoms with Gasteiger partial charge in [-0.3, -0.25) is 0 Å². The number of hydrogen-bond donors (Lipinski definition) is 1. The zero-order valence-electron chi connectivity index (χ0n) is 14.2. The third-order valence-corrected chi connectivity index (χ3v) is 7.31. The molecule has 1 aromatic rings. The molecule has 1 aliphatic carbocycles. The number of ether oxygens (including phenoxy) is 1. The summed E-state index contributed by atoms with van der Waals surface area (Å²) in [6.45, 7) is 2.04. The van der Waals surface area contributed by atoms with E-state index in [4.69, 9.17) is 4.74 Å². The van der Waals surface area contributed by atoms with E-state index in [1.165, 1.54) is 11.1 Å². The smallest absolute Gasteiger partial charge is 0.317 e. The fraction of sp³-hybridized carbons (Fsp3) is 0.611. The van der Waals surface area contributed by atoms with Gasteiger partial charge in [-0.05, 0) is 35.4 Å². The molecular formula is C18H24N2O4S. The maximum absolute atomic E-state index is 12.7. The van der Waals surface area contributed by atoms with E-state index in [0.29, 0.717) is 32.2 Å². The van der Waals surface area contributed by atoms with Gasteiger partial charge in [0.2, 0.25) is 0 Å². The van der Waals surface area contributed by atoms with Crippen molar-refractivity contribution < 1.29 is 17.9 Å². The molecule has 4 rings (SSSR count). The van der Waals surface area contributed by atoms with Gasteiger partial charge in [0.25, 0.3) is 0 Å². The van der Waals surface area contributed by atoms with Gasteiger partial charge in [0.1, 0.15) is 0 Å². The summed E-state index contributed by atoms with van der Waals surface area (Å²) in [6.07, 6.45) is 3.18. The number of carbonyl (C=O) groups is 1. The number of amides is 2. The Kier molecular flexibility index (Phi) is 4.45. The standard InChI is InChI=1S/C18H24N2O4S/c21-18(19-9-13-4-5-15-10-24-11-16(15)8-13)20-6-7-25(22,23)12-17(20)14-2-1-3-14/h4-5,8,14,17H,1-3,6-7,9-12H2,(H,19,21). The number of carbonyl (C=O) groups excluding carboxylic acids is 1. The SMILES string of the molecule is O=C(NCc1ccc2c(c1)COC2)N1CCS(=O)(=O)CC1C1CCC1. The molecule has 0 aromatic heterocycles. The van der Waals surface area contributed by atoms with E-state index in [0.717, 1.165) is 24.8 Å². The van der Waals surface area contributed by atoms with Crippen molar-refractivity contribution >= 4 is 15.9 Å². The van der Waals surface area contributed by atoms with Gasteiger partial charge >= 0.3 is 6.03 Å². The molecule has 136 valence electrons. The maximum Gasteiger partial charge on any atom is 0.317 e. The molecule has 1 saturated carbocycles. The van der Waals surface area contributed by atoms with E-state index in [1.807, 2.05) is 6.07 Å². The summed E-state index contributed by atoms with van der Waals surface area (Å²) in [5.41, 5.74) is 3.44. The highest BCUT2D eigenvalue weighted by molar-refractivity contribution is 7.91. The number of nitrogens with one attached hydrogen (secondary N) is 1. The summed E-state index contributed by atoms with van der Waals surface area (Å²) < 4.78 is 29.4. The number of benzene rings is 1. The molecule has 25 heavy (non-hydrogen) atoms. The summed E-state index contributed by atoms with van der Waals surface area (Å²) >= 11 is 0. The summed E-state index contributed by atoms with van der Waals surface area (Å²) in [6, 6.07) is 5.82. The maximum atomic E-state index is 12.7. The molecule has 6 nitrogen and oxygen atoms in total. The second-order valence-corrected chi connectivity index (χ2v) is 9.55. The van der Waals surface area contributed by atoms with E-state index < -0.39 is 9.84 Å². The minimum Gasteiger partial charge on any atom is -0.372 e. The van der Waals surface area contributed by atoms with Crippen LogP contribution < -0.4 is 5.32 Å². The first-order valence-electron chi connectivity index (χ1n) is 8.95. The second-order valence-electron chi connectivity index (χ2n) is 7.32. The van der Waals surface area contributed by atoms with E-state index in [-0.39, 0.29) is 23.6 Å². The first-order valence-corrected chi connectivity index (χ1v) is 10.8. The van der Waals surface area contributed by atoms with Gasteiger partial charge in [0.05, 0.1) is 30.8 Å². The van der Waals surface area contributed by atoms with Crippen LogP contribution in [0.3, 0.4) is 0 Å². The van der Waals surface area contributed by atoms with E-state index in [9.17, 15) is 13.2 Å². The van der Waals surface area contributed by atoms with Gasteiger partial charge in [0.15, 0.2) is 9.84 Å². The van der Waals surface area contributed by atoms with Crippen LogP contribution in [0.5, 0.6) is 0 Å². The highest BCUT2D eigenvalue weighted by Gasteiger charge is 2.40. The quantitative estimate of drug-likeness (QED) is 0.888. The lowest BCUT2D eigenvalue weighted by molar-refractivity contribution is 0.123. The van der Waals surface area contributed by atoms with Gasteiger partial charge in [-0.15, -0.1) is 0 Å². The molecule has 2 aliphatic heterocycles.